The number of ether oxygens (including phenoxy) is 1. The number of carbonyl (C=O) groups is 1. The van der Waals surface area contributed by atoms with Gasteiger partial charge >= 0.3 is 12.1 Å². The number of carbonyl (C=O) groups excluding carboxylic acids is 1. The summed E-state index contributed by atoms with van der Waals surface area (Å²) in [6.07, 6.45) is -3.43. The Morgan fingerprint density at radius 3 is 2.48 bits per heavy atom. The number of hydrogen-bond acceptors (Lipinski definition) is 3. The molecule has 1 atom stereocenters. The summed E-state index contributed by atoms with van der Waals surface area (Å²) < 4.78 is 43.8. The normalized spacial score (nSPS) is 13.0. The Labute approximate surface area is 119 Å². The van der Waals surface area contributed by atoms with E-state index >= 15 is 0 Å². The van der Waals surface area contributed by atoms with Crippen LogP contribution in [0.1, 0.15) is 24.2 Å². The van der Waals surface area contributed by atoms with Crippen molar-refractivity contribution in [2.45, 2.75) is 19.1 Å². The van der Waals surface area contributed by atoms with Crippen LogP contribution >= 0.6 is 0 Å². The molecule has 0 saturated heterocycles. The van der Waals surface area contributed by atoms with Gasteiger partial charge in [-0.1, -0.05) is 30.3 Å². The first kappa shape index (κ1) is 15.1. The molecule has 2 aromatic rings. The molecule has 1 aromatic heterocycles. The first-order chi connectivity index (χ1) is 9.93. The van der Waals surface area contributed by atoms with Gasteiger partial charge in [0.1, 0.15) is 0 Å². The highest BCUT2D eigenvalue weighted by molar-refractivity contribution is 5.78. The average Bonchev–Trinajstić information content (AvgIpc) is 2.90. The third kappa shape index (κ3) is 3.42. The fourth-order valence-electron chi connectivity index (χ4n) is 1.89. The highest BCUT2D eigenvalue weighted by atomic mass is 19.4. The van der Waals surface area contributed by atoms with E-state index in [0.717, 1.165) is 16.9 Å². The van der Waals surface area contributed by atoms with Gasteiger partial charge < -0.3 is 4.74 Å². The summed E-state index contributed by atoms with van der Waals surface area (Å²) in [6.45, 7) is 1.76. The molecule has 0 aliphatic carbocycles. The minimum atomic E-state index is -4.55. The molecular formula is C14H13F3N2O2. The van der Waals surface area contributed by atoms with Gasteiger partial charge in [0, 0.05) is 6.20 Å². The van der Waals surface area contributed by atoms with Crippen molar-refractivity contribution in [1.29, 1.82) is 0 Å². The molecule has 0 fully saturated rings. The van der Waals surface area contributed by atoms with Crippen LogP contribution in [-0.2, 0) is 15.7 Å². The third-order valence-electron chi connectivity index (χ3n) is 2.79. The molecule has 1 unspecified atom stereocenters. The minimum absolute atomic E-state index is 0.134. The van der Waals surface area contributed by atoms with Crippen molar-refractivity contribution in [3.05, 3.63) is 53.9 Å². The van der Waals surface area contributed by atoms with Gasteiger partial charge in [0.15, 0.2) is 11.7 Å². The monoisotopic (exact) mass is 298 g/mol. The molecule has 21 heavy (non-hydrogen) atoms. The molecule has 7 heteroatoms. The van der Waals surface area contributed by atoms with E-state index in [0.29, 0.717) is 5.56 Å². The lowest BCUT2D eigenvalue weighted by Crippen LogP contribution is -2.24. The van der Waals surface area contributed by atoms with Crippen LogP contribution in [0.25, 0.3) is 0 Å². The van der Waals surface area contributed by atoms with E-state index in [2.05, 4.69) is 5.10 Å². The van der Waals surface area contributed by atoms with Gasteiger partial charge in [0.05, 0.1) is 6.61 Å². The van der Waals surface area contributed by atoms with E-state index in [-0.39, 0.29) is 6.61 Å². The fraction of sp³-hybridized carbons (Fsp3) is 0.286. The third-order valence-corrected chi connectivity index (χ3v) is 2.79. The average molecular weight is 298 g/mol. The zero-order valence-electron chi connectivity index (χ0n) is 11.2. The molecule has 0 spiro atoms. The molecule has 0 N–H and O–H groups in total. The van der Waals surface area contributed by atoms with Gasteiger partial charge in [-0.25, -0.2) is 4.79 Å². The van der Waals surface area contributed by atoms with Crippen LogP contribution in [0.4, 0.5) is 13.2 Å². The van der Waals surface area contributed by atoms with E-state index in [9.17, 15) is 18.0 Å². The zero-order valence-corrected chi connectivity index (χ0v) is 11.2. The Bertz CT molecular complexity index is 608. The van der Waals surface area contributed by atoms with Crippen molar-refractivity contribution in [2.75, 3.05) is 6.61 Å². The molecule has 0 radical (unpaired) electrons. The Hall–Kier alpha value is -2.31. The van der Waals surface area contributed by atoms with Crippen molar-refractivity contribution in [1.82, 2.24) is 9.78 Å². The molecule has 0 aliphatic heterocycles. The van der Waals surface area contributed by atoms with Gasteiger partial charge in [-0.3, -0.25) is 4.68 Å². The lowest BCUT2D eigenvalue weighted by Gasteiger charge is -2.16. The summed E-state index contributed by atoms with van der Waals surface area (Å²) in [7, 11) is 0. The minimum Gasteiger partial charge on any atom is -0.464 e. The number of nitrogens with zero attached hydrogens (tertiary/aromatic N) is 2. The van der Waals surface area contributed by atoms with Crippen LogP contribution in [0.3, 0.4) is 0 Å². The first-order valence-electron chi connectivity index (χ1n) is 6.27. The van der Waals surface area contributed by atoms with Crippen molar-refractivity contribution < 1.29 is 22.7 Å². The molecule has 1 heterocycles. The largest absolute Gasteiger partial charge is 0.464 e. The van der Waals surface area contributed by atoms with E-state index in [1.807, 2.05) is 0 Å². The zero-order chi connectivity index (χ0) is 15.5. The summed E-state index contributed by atoms with van der Waals surface area (Å²) in [4.78, 5) is 12.0. The second-order valence-electron chi connectivity index (χ2n) is 4.24. The lowest BCUT2D eigenvalue weighted by molar-refractivity contribution is -0.147. The molecule has 0 amide bonds. The predicted octanol–water partition coefficient (Wildman–Crippen LogP) is 3.05. The van der Waals surface area contributed by atoms with Crippen LogP contribution in [0, 0.1) is 0 Å². The number of rotatable bonds is 4. The second-order valence-corrected chi connectivity index (χ2v) is 4.24. The maximum Gasteiger partial charge on any atom is 0.435 e. The maximum atomic E-state index is 12.6. The van der Waals surface area contributed by atoms with E-state index in [4.69, 9.17) is 4.74 Å². The number of aromatic nitrogens is 2. The summed E-state index contributed by atoms with van der Waals surface area (Å²) >= 11 is 0. The van der Waals surface area contributed by atoms with Crippen LogP contribution < -0.4 is 0 Å². The van der Waals surface area contributed by atoms with Gasteiger partial charge in [0.2, 0.25) is 0 Å². The standard InChI is InChI=1S/C14H13F3N2O2/c1-2-21-13(20)12(10-6-4-3-5-7-10)19-9-8-11(18-19)14(15,16)17/h3-9,12H,2H2,1H3. The smallest absolute Gasteiger partial charge is 0.435 e. The van der Waals surface area contributed by atoms with E-state index in [1.165, 1.54) is 0 Å². The topological polar surface area (TPSA) is 44.1 Å². The lowest BCUT2D eigenvalue weighted by atomic mass is 10.1. The Morgan fingerprint density at radius 1 is 1.29 bits per heavy atom. The van der Waals surface area contributed by atoms with Crippen LogP contribution in [0.5, 0.6) is 0 Å². The quantitative estimate of drug-likeness (QED) is 0.815. The highest BCUT2D eigenvalue weighted by Crippen LogP contribution is 2.29. The van der Waals surface area contributed by atoms with Crippen LogP contribution in [-0.4, -0.2) is 22.4 Å². The van der Waals surface area contributed by atoms with Crippen molar-refractivity contribution in [3.63, 3.8) is 0 Å². The maximum absolute atomic E-state index is 12.6. The number of alkyl halides is 3. The summed E-state index contributed by atoms with van der Waals surface area (Å²) in [6, 6.07) is 8.19. The molecule has 0 aliphatic rings. The summed E-state index contributed by atoms with van der Waals surface area (Å²) in [5.74, 6) is -0.652. The molecule has 0 bridgehead atoms. The summed E-state index contributed by atoms with van der Waals surface area (Å²) in [5, 5.41) is 3.45. The van der Waals surface area contributed by atoms with E-state index in [1.54, 1.807) is 37.3 Å². The number of hydrogen-bond donors (Lipinski definition) is 0. The second kappa shape index (κ2) is 5.99. The number of halogens is 3. The molecule has 112 valence electrons. The molecule has 4 nitrogen and oxygen atoms in total. The van der Waals surface area contributed by atoms with Crippen LogP contribution in [0.15, 0.2) is 42.6 Å². The molecule has 0 saturated carbocycles. The van der Waals surface area contributed by atoms with E-state index < -0.39 is 23.9 Å². The molecular weight excluding hydrogens is 285 g/mol. The van der Waals surface area contributed by atoms with Crippen molar-refractivity contribution >= 4 is 5.97 Å². The fourth-order valence-corrected chi connectivity index (χ4v) is 1.89. The molecule has 2 rings (SSSR count). The molecule has 1 aromatic carbocycles. The van der Waals surface area contributed by atoms with Crippen molar-refractivity contribution in [3.8, 4) is 0 Å². The number of benzene rings is 1. The van der Waals surface area contributed by atoms with Gasteiger partial charge in [-0.05, 0) is 18.6 Å². The Kier molecular flexibility index (Phi) is 4.30. The summed E-state index contributed by atoms with van der Waals surface area (Å²) in [5.41, 5.74) is -0.541. The first-order valence-corrected chi connectivity index (χ1v) is 6.27. The number of esters is 1. The Balaban J connectivity index is 2.41. The Morgan fingerprint density at radius 2 is 1.95 bits per heavy atom. The SMILES string of the molecule is CCOC(=O)C(c1ccccc1)n1ccc(C(F)(F)F)n1. The predicted molar refractivity (Wildman–Crippen MR) is 68.4 cm³/mol. The van der Waals surface area contributed by atoms with Crippen molar-refractivity contribution in [2.24, 2.45) is 0 Å². The van der Waals surface area contributed by atoms with Gasteiger partial charge in [-0.2, -0.15) is 18.3 Å². The van der Waals surface area contributed by atoms with Crippen LogP contribution in [0.2, 0.25) is 0 Å². The van der Waals surface area contributed by atoms with Gasteiger partial charge in [0.25, 0.3) is 0 Å². The highest BCUT2D eigenvalue weighted by Gasteiger charge is 2.35. The van der Waals surface area contributed by atoms with Gasteiger partial charge in [-0.15, -0.1) is 0 Å².